The molecular weight excluding hydrogens is 204 g/mol. The Kier molecular flexibility index (Phi) is 2.54. The van der Waals surface area contributed by atoms with Gasteiger partial charge in [0.05, 0.1) is 11.5 Å². The van der Waals surface area contributed by atoms with Crippen LogP contribution in [-0.2, 0) is 19.3 Å². The van der Waals surface area contributed by atoms with E-state index in [1.165, 1.54) is 0 Å². The van der Waals surface area contributed by atoms with Crippen LogP contribution in [0.3, 0.4) is 0 Å². The normalized spacial score (nSPS) is 22.4. The maximum atomic E-state index is 11.8. The Morgan fingerprint density at radius 2 is 1.93 bits per heavy atom. The molecule has 1 atom stereocenters. The number of rotatable bonds is 2. The first-order valence-corrected chi connectivity index (χ1v) is 5.74. The van der Waals surface area contributed by atoms with Gasteiger partial charge in [0, 0.05) is 0 Å². The van der Waals surface area contributed by atoms with Crippen molar-refractivity contribution in [2.45, 2.75) is 10.3 Å². The van der Waals surface area contributed by atoms with Crippen LogP contribution in [-0.4, -0.2) is 27.3 Å². The van der Waals surface area contributed by atoms with Crippen LogP contribution in [0.4, 0.5) is 0 Å². The van der Waals surface area contributed by atoms with Gasteiger partial charge < -0.3 is 9.47 Å². The van der Waals surface area contributed by atoms with E-state index in [1.807, 2.05) is 0 Å². The van der Waals surface area contributed by atoms with Crippen molar-refractivity contribution in [3.63, 3.8) is 0 Å². The van der Waals surface area contributed by atoms with Crippen molar-refractivity contribution in [3.05, 3.63) is 30.3 Å². The van der Waals surface area contributed by atoms with E-state index in [-0.39, 0.29) is 18.3 Å². The molecule has 0 spiro atoms. The lowest BCUT2D eigenvalue weighted by Crippen LogP contribution is -2.23. The molecule has 2 rings (SSSR count). The van der Waals surface area contributed by atoms with Crippen molar-refractivity contribution >= 4 is 9.84 Å². The van der Waals surface area contributed by atoms with Crippen molar-refractivity contribution < 1.29 is 17.9 Å². The summed E-state index contributed by atoms with van der Waals surface area (Å²) in [4.78, 5) is 0.274. The molecule has 0 N–H and O–H groups in total. The molecule has 1 unspecified atom stereocenters. The molecule has 0 amide bonds. The molecule has 0 aliphatic carbocycles. The molecule has 0 radical (unpaired) electrons. The standard InChI is InChI=1S/C9H10O4S/c10-14(11,9-6-12-7-13-9)8-4-2-1-3-5-8/h1-5,9H,6-7H2. The van der Waals surface area contributed by atoms with Crippen LogP contribution in [0.5, 0.6) is 0 Å². The van der Waals surface area contributed by atoms with E-state index in [0.29, 0.717) is 0 Å². The van der Waals surface area contributed by atoms with Gasteiger partial charge in [-0.3, -0.25) is 0 Å². The topological polar surface area (TPSA) is 52.6 Å². The first kappa shape index (κ1) is 9.64. The highest BCUT2D eigenvalue weighted by Gasteiger charge is 2.31. The van der Waals surface area contributed by atoms with E-state index in [0.717, 1.165) is 0 Å². The van der Waals surface area contributed by atoms with Crippen molar-refractivity contribution in [2.75, 3.05) is 13.4 Å². The molecular formula is C9H10O4S. The molecule has 1 fully saturated rings. The number of hydrogen-bond donors (Lipinski definition) is 0. The highest BCUT2D eigenvalue weighted by molar-refractivity contribution is 7.92. The first-order valence-electron chi connectivity index (χ1n) is 4.19. The Bertz CT molecular complexity index is 392. The fraction of sp³-hybridized carbons (Fsp3) is 0.333. The van der Waals surface area contributed by atoms with Crippen molar-refractivity contribution in [2.24, 2.45) is 0 Å². The van der Waals surface area contributed by atoms with Crippen LogP contribution in [0.2, 0.25) is 0 Å². The maximum absolute atomic E-state index is 11.8. The van der Waals surface area contributed by atoms with Crippen LogP contribution in [0, 0.1) is 0 Å². The minimum absolute atomic E-state index is 0.0523. The zero-order valence-electron chi connectivity index (χ0n) is 7.42. The molecule has 0 bridgehead atoms. The second-order valence-corrected chi connectivity index (χ2v) is 5.03. The number of ether oxygens (including phenoxy) is 2. The van der Waals surface area contributed by atoms with Gasteiger partial charge in [0.1, 0.15) is 6.79 Å². The quantitative estimate of drug-likeness (QED) is 0.730. The van der Waals surface area contributed by atoms with Gasteiger partial charge in [-0.2, -0.15) is 0 Å². The lowest BCUT2D eigenvalue weighted by atomic mass is 10.4. The third-order valence-electron chi connectivity index (χ3n) is 2.01. The molecule has 4 nitrogen and oxygen atoms in total. The molecule has 14 heavy (non-hydrogen) atoms. The first-order chi connectivity index (χ1) is 6.71. The SMILES string of the molecule is O=S(=O)(c1ccccc1)C1COCO1. The van der Waals surface area contributed by atoms with Gasteiger partial charge in [-0.25, -0.2) is 8.42 Å². The van der Waals surface area contributed by atoms with Gasteiger partial charge in [0.25, 0.3) is 0 Å². The summed E-state index contributed by atoms with van der Waals surface area (Å²) in [6, 6.07) is 8.24. The second-order valence-electron chi connectivity index (χ2n) is 2.94. The van der Waals surface area contributed by atoms with Gasteiger partial charge in [-0.05, 0) is 12.1 Å². The van der Waals surface area contributed by atoms with Crippen molar-refractivity contribution in [1.29, 1.82) is 0 Å². The van der Waals surface area contributed by atoms with Crippen LogP contribution in [0.25, 0.3) is 0 Å². The Balaban J connectivity index is 2.33. The van der Waals surface area contributed by atoms with Crippen LogP contribution in [0.1, 0.15) is 0 Å². The van der Waals surface area contributed by atoms with E-state index >= 15 is 0 Å². The lowest BCUT2D eigenvalue weighted by molar-refractivity contribution is 0.0624. The van der Waals surface area contributed by atoms with Gasteiger partial charge >= 0.3 is 0 Å². The maximum Gasteiger partial charge on any atom is 0.207 e. The molecule has 1 aromatic rings. The largest absolute Gasteiger partial charge is 0.352 e. The molecule has 1 saturated heterocycles. The summed E-state index contributed by atoms with van der Waals surface area (Å²) in [7, 11) is -3.39. The van der Waals surface area contributed by atoms with E-state index in [1.54, 1.807) is 30.3 Å². The van der Waals surface area contributed by atoms with Crippen molar-refractivity contribution in [3.8, 4) is 0 Å². The third-order valence-corrected chi connectivity index (χ3v) is 3.90. The lowest BCUT2D eigenvalue weighted by Gasteiger charge is -2.08. The van der Waals surface area contributed by atoms with Gasteiger partial charge in [-0.15, -0.1) is 0 Å². The molecule has 0 saturated carbocycles. The molecule has 1 aliphatic heterocycles. The van der Waals surface area contributed by atoms with Crippen molar-refractivity contribution in [1.82, 2.24) is 0 Å². The summed E-state index contributed by atoms with van der Waals surface area (Å²) >= 11 is 0. The van der Waals surface area contributed by atoms with Gasteiger partial charge in [-0.1, -0.05) is 18.2 Å². The number of sulfone groups is 1. The van der Waals surface area contributed by atoms with E-state index in [9.17, 15) is 8.42 Å². The summed E-state index contributed by atoms with van der Waals surface area (Å²) in [5.74, 6) is 0. The predicted octanol–water partition coefficient (Wildman–Crippen LogP) is 0.791. The van der Waals surface area contributed by atoms with E-state index in [4.69, 9.17) is 9.47 Å². The Morgan fingerprint density at radius 1 is 1.21 bits per heavy atom. The summed E-state index contributed by atoms with van der Waals surface area (Å²) in [5, 5.41) is 0. The third kappa shape index (κ3) is 1.66. The zero-order chi connectivity index (χ0) is 10.0. The molecule has 1 heterocycles. The monoisotopic (exact) mass is 214 g/mol. The summed E-state index contributed by atoms with van der Waals surface area (Å²) in [6.45, 7) is 0.161. The fourth-order valence-corrected chi connectivity index (χ4v) is 2.61. The Labute approximate surface area is 82.4 Å². The predicted molar refractivity (Wildman–Crippen MR) is 49.3 cm³/mol. The van der Waals surface area contributed by atoms with Crippen LogP contribution in [0.15, 0.2) is 35.2 Å². The minimum Gasteiger partial charge on any atom is -0.352 e. The average molecular weight is 214 g/mol. The molecule has 5 heteroatoms. The molecule has 1 aromatic carbocycles. The summed E-state index contributed by atoms with van der Waals surface area (Å²) in [6.07, 6.45) is 0. The Morgan fingerprint density at radius 3 is 2.50 bits per heavy atom. The van der Waals surface area contributed by atoms with Gasteiger partial charge in [0.15, 0.2) is 5.44 Å². The van der Waals surface area contributed by atoms with E-state index < -0.39 is 15.3 Å². The molecule has 76 valence electrons. The van der Waals surface area contributed by atoms with Crippen LogP contribution < -0.4 is 0 Å². The summed E-state index contributed by atoms with van der Waals surface area (Å²) < 4.78 is 33.5. The second kappa shape index (κ2) is 3.68. The minimum atomic E-state index is -3.39. The number of hydrogen-bond acceptors (Lipinski definition) is 4. The molecule has 0 aromatic heterocycles. The summed E-state index contributed by atoms with van der Waals surface area (Å²) in [5.41, 5.74) is -0.857. The smallest absolute Gasteiger partial charge is 0.207 e. The molecule has 1 aliphatic rings. The number of benzene rings is 1. The zero-order valence-corrected chi connectivity index (χ0v) is 8.24. The highest BCUT2D eigenvalue weighted by Crippen LogP contribution is 2.19. The Hall–Kier alpha value is -0.910. The highest BCUT2D eigenvalue weighted by atomic mass is 32.2. The van der Waals surface area contributed by atoms with Crippen LogP contribution >= 0.6 is 0 Å². The van der Waals surface area contributed by atoms with E-state index in [2.05, 4.69) is 0 Å². The fourth-order valence-electron chi connectivity index (χ4n) is 1.26. The van der Waals surface area contributed by atoms with Gasteiger partial charge in [0.2, 0.25) is 9.84 Å². The average Bonchev–Trinajstić information content (AvgIpc) is 2.72.